The Labute approximate surface area is 160 Å². The highest BCUT2D eigenvalue weighted by Gasteiger charge is 2.36. The number of carbonyl (C=O) groups is 1. The molecule has 10 heteroatoms. The van der Waals surface area contributed by atoms with Crippen molar-refractivity contribution in [3.8, 4) is 11.3 Å². The number of carbonyl (C=O) groups excluding carboxylic acids is 1. The van der Waals surface area contributed by atoms with Gasteiger partial charge in [-0.2, -0.15) is 26.3 Å². The van der Waals surface area contributed by atoms with E-state index in [9.17, 15) is 31.1 Å². The maximum absolute atomic E-state index is 13.3. The van der Waals surface area contributed by atoms with Crippen molar-refractivity contribution in [3.05, 3.63) is 71.0 Å². The normalized spacial score (nSPS) is 12.1. The van der Waals surface area contributed by atoms with Gasteiger partial charge in [0.05, 0.1) is 11.1 Å². The van der Waals surface area contributed by atoms with E-state index in [1.54, 1.807) is 0 Å². The standard InChI is InChI=1S/C19H12F6N2O2/c1-10-15(17(28)26-12-6-4-5-11(9-12)18(20,21)22)16(27-29-10)13-7-2-3-8-14(13)19(23,24)25/h2-9H,1H3,(H,26,28). The van der Waals surface area contributed by atoms with Crippen LogP contribution >= 0.6 is 0 Å². The molecule has 1 aromatic heterocycles. The first kappa shape index (κ1) is 20.4. The summed E-state index contributed by atoms with van der Waals surface area (Å²) in [4.78, 5) is 12.6. The molecule has 0 bridgehead atoms. The second-order valence-electron chi connectivity index (χ2n) is 6.04. The Balaban J connectivity index is 2.01. The fraction of sp³-hybridized carbons (Fsp3) is 0.158. The van der Waals surface area contributed by atoms with Gasteiger partial charge in [-0.15, -0.1) is 0 Å². The molecule has 0 aliphatic heterocycles. The largest absolute Gasteiger partial charge is 0.417 e. The van der Waals surface area contributed by atoms with Gasteiger partial charge in [0, 0.05) is 11.3 Å². The van der Waals surface area contributed by atoms with Gasteiger partial charge in [-0.25, -0.2) is 0 Å². The van der Waals surface area contributed by atoms with E-state index in [0.717, 1.165) is 24.3 Å². The number of amides is 1. The number of aromatic nitrogens is 1. The van der Waals surface area contributed by atoms with Crippen molar-refractivity contribution in [2.24, 2.45) is 0 Å². The molecule has 4 nitrogen and oxygen atoms in total. The molecule has 0 saturated heterocycles. The molecule has 1 heterocycles. The average molecular weight is 414 g/mol. The molecule has 0 radical (unpaired) electrons. The molecule has 0 saturated carbocycles. The van der Waals surface area contributed by atoms with Crippen molar-refractivity contribution in [1.29, 1.82) is 0 Å². The monoisotopic (exact) mass is 414 g/mol. The number of hydrogen-bond donors (Lipinski definition) is 1. The van der Waals surface area contributed by atoms with Crippen LogP contribution in [0.4, 0.5) is 32.0 Å². The molecular formula is C19H12F6N2O2. The van der Waals surface area contributed by atoms with Crippen LogP contribution in [0.2, 0.25) is 0 Å². The molecule has 0 aliphatic carbocycles. The maximum Gasteiger partial charge on any atom is 0.417 e. The molecular weight excluding hydrogens is 402 g/mol. The molecule has 1 N–H and O–H groups in total. The summed E-state index contributed by atoms with van der Waals surface area (Å²) in [6.45, 7) is 1.31. The lowest BCUT2D eigenvalue weighted by Gasteiger charge is -2.12. The van der Waals surface area contributed by atoms with E-state index in [0.29, 0.717) is 6.07 Å². The Morgan fingerprint density at radius 3 is 2.31 bits per heavy atom. The van der Waals surface area contributed by atoms with Crippen LogP contribution in [0.5, 0.6) is 0 Å². The predicted molar refractivity (Wildman–Crippen MR) is 91.1 cm³/mol. The minimum absolute atomic E-state index is 0.0820. The van der Waals surface area contributed by atoms with Crippen molar-refractivity contribution in [3.63, 3.8) is 0 Å². The van der Waals surface area contributed by atoms with Crippen LogP contribution in [0, 0.1) is 6.92 Å². The van der Waals surface area contributed by atoms with Gasteiger partial charge >= 0.3 is 12.4 Å². The topological polar surface area (TPSA) is 55.1 Å². The van der Waals surface area contributed by atoms with Crippen molar-refractivity contribution in [2.45, 2.75) is 19.3 Å². The summed E-state index contributed by atoms with van der Waals surface area (Å²) in [5, 5.41) is 5.81. The summed E-state index contributed by atoms with van der Waals surface area (Å²) in [6, 6.07) is 8.33. The maximum atomic E-state index is 13.3. The number of alkyl halides is 6. The highest BCUT2D eigenvalue weighted by molar-refractivity contribution is 6.09. The van der Waals surface area contributed by atoms with E-state index in [-0.39, 0.29) is 28.3 Å². The molecule has 0 fully saturated rings. The van der Waals surface area contributed by atoms with Crippen LogP contribution in [-0.2, 0) is 12.4 Å². The highest BCUT2D eigenvalue weighted by Crippen LogP contribution is 2.38. The van der Waals surface area contributed by atoms with Crippen LogP contribution < -0.4 is 5.32 Å². The Hall–Kier alpha value is -3.30. The van der Waals surface area contributed by atoms with E-state index < -0.39 is 29.4 Å². The van der Waals surface area contributed by atoms with Crippen LogP contribution in [0.3, 0.4) is 0 Å². The first-order valence-electron chi connectivity index (χ1n) is 8.10. The lowest BCUT2D eigenvalue weighted by molar-refractivity contribution is -0.138. The number of anilines is 1. The summed E-state index contributed by atoms with van der Waals surface area (Å²) in [7, 11) is 0. The molecule has 0 spiro atoms. The fourth-order valence-electron chi connectivity index (χ4n) is 2.73. The molecule has 3 aromatic rings. The van der Waals surface area contributed by atoms with E-state index in [2.05, 4.69) is 10.5 Å². The van der Waals surface area contributed by atoms with Gasteiger partial charge in [0.1, 0.15) is 17.0 Å². The van der Waals surface area contributed by atoms with Gasteiger partial charge in [0.2, 0.25) is 0 Å². The Bertz CT molecular complexity index is 1050. The quantitative estimate of drug-likeness (QED) is 0.540. The molecule has 0 aliphatic rings. The highest BCUT2D eigenvalue weighted by atomic mass is 19.4. The van der Waals surface area contributed by atoms with Crippen LogP contribution in [0.15, 0.2) is 53.1 Å². The number of rotatable bonds is 3. The van der Waals surface area contributed by atoms with Crippen molar-refractivity contribution >= 4 is 11.6 Å². The predicted octanol–water partition coefficient (Wildman–Crippen LogP) is 5.94. The molecule has 3 rings (SSSR count). The Morgan fingerprint density at radius 2 is 1.66 bits per heavy atom. The number of nitrogens with zero attached hydrogens (tertiary/aromatic N) is 1. The molecule has 1 amide bonds. The van der Waals surface area contributed by atoms with Crippen molar-refractivity contribution < 1.29 is 35.7 Å². The third-order valence-electron chi connectivity index (χ3n) is 4.03. The van der Waals surface area contributed by atoms with Gasteiger partial charge in [0.25, 0.3) is 5.91 Å². The van der Waals surface area contributed by atoms with Crippen LogP contribution in [-0.4, -0.2) is 11.1 Å². The van der Waals surface area contributed by atoms with Gasteiger partial charge in [0.15, 0.2) is 0 Å². The van der Waals surface area contributed by atoms with E-state index in [1.807, 2.05) is 0 Å². The van der Waals surface area contributed by atoms with E-state index >= 15 is 0 Å². The molecule has 0 unspecified atom stereocenters. The molecule has 29 heavy (non-hydrogen) atoms. The summed E-state index contributed by atoms with van der Waals surface area (Å²) < 4.78 is 83.4. The van der Waals surface area contributed by atoms with E-state index in [1.165, 1.54) is 25.1 Å². The number of hydrogen-bond acceptors (Lipinski definition) is 3. The first-order chi connectivity index (χ1) is 13.5. The van der Waals surface area contributed by atoms with Crippen LogP contribution in [0.25, 0.3) is 11.3 Å². The Kier molecular flexibility index (Phi) is 5.12. The lowest BCUT2D eigenvalue weighted by Crippen LogP contribution is -2.15. The average Bonchev–Trinajstić information content (AvgIpc) is 3.02. The third-order valence-corrected chi connectivity index (χ3v) is 4.03. The van der Waals surface area contributed by atoms with Gasteiger partial charge in [-0.1, -0.05) is 29.4 Å². The first-order valence-corrected chi connectivity index (χ1v) is 8.10. The minimum Gasteiger partial charge on any atom is -0.360 e. The zero-order chi connectivity index (χ0) is 21.4. The second kappa shape index (κ2) is 7.26. The third kappa shape index (κ3) is 4.25. The molecule has 0 atom stereocenters. The fourth-order valence-corrected chi connectivity index (χ4v) is 2.73. The Morgan fingerprint density at radius 1 is 0.966 bits per heavy atom. The summed E-state index contributed by atoms with van der Waals surface area (Å²) in [5.41, 5.74) is -3.24. The van der Waals surface area contributed by atoms with Crippen molar-refractivity contribution in [2.75, 3.05) is 5.32 Å². The van der Waals surface area contributed by atoms with Crippen LogP contribution in [0.1, 0.15) is 27.2 Å². The van der Waals surface area contributed by atoms with Gasteiger partial charge in [-0.3, -0.25) is 4.79 Å². The number of halogens is 6. The second-order valence-corrected chi connectivity index (χ2v) is 6.04. The van der Waals surface area contributed by atoms with Gasteiger partial charge < -0.3 is 9.84 Å². The van der Waals surface area contributed by atoms with E-state index in [4.69, 9.17) is 4.52 Å². The number of benzene rings is 2. The summed E-state index contributed by atoms with van der Waals surface area (Å²) in [6.07, 6.45) is -9.33. The lowest BCUT2D eigenvalue weighted by atomic mass is 10.00. The number of aryl methyl sites for hydroxylation is 1. The zero-order valence-electron chi connectivity index (χ0n) is 14.7. The van der Waals surface area contributed by atoms with Gasteiger partial charge in [-0.05, 0) is 31.2 Å². The number of nitrogens with one attached hydrogen (secondary N) is 1. The minimum atomic E-state index is -4.71. The smallest absolute Gasteiger partial charge is 0.360 e. The van der Waals surface area contributed by atoms with Crippen molar-refractivity contribution in [1.82, 2.24) is 5.16 Å². The SMILES string of the molecule is Cc1onc(-c2ccccc2C(F)(F)F)c1C(=O)Nc1cccc(C(F)(F)F)c1. The molecule has 152 valence electrons. The zero-order valence-corrected chi connectivity index (χ0v) is 14.7. The summed E-state index contributed by atoms with van der Waals surface area (Å²) in [5.74, 6) is -1.03. The molecule has 2 aromatic carbocycles. The summed E-state index contributed by atoms with van der Waals surface area (Å²) >= 11 is 0.